The van der Waals surface area contributed by atoms with E-state index >= 15 is 0 Å². The molecule has 1 aromatic heterocycles. The maximum atomic E-state index is 12.0. The fraction of sp³-hybridized carbons (Fsp3) is 0.400. The summed E-state index contributed by atoms with van der Waals surface area (Å²) >= 11 is 0. The largest absolute Gasteiger partial charge is 0.493 e. The molecule has 27 heavy (non-hydrogen) atoms. The van der Waals surface area contributed by atoms with Crippen molar-refractivity contribution in [1.29, 1.82) is 0 Å². The van der Waals surface area contributed by atoms with E-state index in [2.05, 4.69) is 13.8 Å². The predicted octanol–water partition coefficient (Wildman–Crippen LogP) is 3.20. The van der Waals surface area contributed by atoms with E-state index in [0.29, 0.717) is 24.0 Å². The zero-order valence-electron chi connectivity index (χ0n) is 15.7. The number of hydrogen-bond donors (Lipinski definition) is 0. The van der Waals surface area contributed by atoms with Gasteiger partial charge in [0.1, 0.15) is 18.6 Å². The molecule has 1 heterocycles. The lowest BCUT2D eigenvalue weighted by Gasteiger charge is -2.10. The van der Waals surface area contributed by atoms with Crippen LogP contribution in [0.3, 0.4) is 0 Å². The number of rotatable bonds is 10. The van der Waals surface area contributed by atoms with E-state index in [1.54, 1.807) is 24.3 Å². The maximum absolute atomic E-state index is 12.0. The van der Waals surface area contributed by atoms with E-state index in [1.165, 1.54) is 19.4 Å². The van der Waals surface area contributed by atoms with Gasteiger partial charge in [-0.15, -0.1) is 0 Å². The highest BCUT2D eigenvalue weighted by Crippen LogP contribution is 2.25. The van der Waals surface area contributed by atoms with Crippen molar-refractivity contribution in [3.8, 4) is 17.2 Å². The van der Waals surface area contributed by atoms with Crippen molar-refractivity contribution in [1.82, 2.24) is 0 Å². The average Bonchev–Trinajstić information content (AvgIpc) is 2.66. The van der Waals surface area contributed by atoms with Gasteiger partial charge in [0.15, 0.2) is 18.1 Å². The molecule has 2 aromatic rings. The van der Waals surface area contributed by atoms with Gasteiger partial charge in [0.05, 0.1) is 13.7 Å². The van der Waals surface area contributed by atoms with Crippen LogP contribution in [0.5, 0.6) is 17.2 Å². The van der Waals surface area contributed by atoms with E-state index in [0.717, 1.165) is 6.42 Å². The van der Waals surface area contributed by atoms with Crippen LogP contribution in [0.1, 0.15) is 26.0 Å². The van der Waals surface area contributed by atoms with Gasteiger partial charge in [0, 0.05) is 6.07 Å². The fourth-order valence-electron chi connectivity index (χ4n) is 2.09. The predicted molar refractivity (Wildman–Crippen MR) is 98.2 cm³/mol. The molecule has 0 fully saturated rings. The minimum absolute atomic E-state index is 0.144. The second-order valence-electron chi connectivity index (χ2n) is 6.21. The number of carbonyl (C=O) groups is 1. The van der Waals surface area contributed by atoms with Crippen molar-refractivity contribution < 1.29 is 28.2 Å². The van der Waals surface area contributed by atoms with Crippen LogP contribution >= 0.6 is 0 Å². The molecule has 0 atom stereocenters. The van der Waals surface area contributed by atoms with Gasteiger partial charge in [-0.3, -0.25) is 4.79 Å². The molecule has 7 nitrogen and oxygen atoms in total. The van der Waals surface area contributed by atoms with Crippen LogP contribution in [0.15, 0.2) is 45.8 Å². The van der Waals surface area contributed by atoms with E-state index in [4.69, 9.17) is 23.4 Å². The SMILES string of the molecule is COc1ccccc1OCC(=O)OCc1cc(=O)c(OCCC(C)C)co1. The molecule has 2 rings (SSSR count). The number of benzene rings is 1. The molecule has 0 bridgehead atoms. The van der Waals surface area contributed by atoms with Crippen LogP contribution in [0.25, 0.3) is 0 Å². The Morgan fingerprint density at radius 1 is 1.11 bits per heavy atom. The Balaban J connectivity index is 1.81. The number of methoxy groups -OCH3 is 1. The van der Waals surface area contributed by atoms with Crippen molar-refractivity contribution >= 4 is 5.97 Å². The Morgan fingerprint density at radius 3 is 2.52 bits per heavy atom. The summed E-state index contributed by atoms with van der Waals surface area (Å²) in [7, 11) is 1.51. The van der Waals surface area contributed by atoms with Crippen LogP contribution < -0.4 is 19.6 Å². The quantitative estimate of drug-likeness (QED) is 0.589. The molecular formula is C20H24O7. The van der Waals surface area contributed by atoms with E-state index in [1.807, 2.05) is 0 Å². The molecule has 7 heteroatoms. The minimum Gasteiger partial charge on any atom is -0.493 e. The number of hydrogen-bond acceptors (Lipinski definition) is 7. The van der Waals surface area contributed by atoms with E-state index in [-0.39, 0.29) is 30.2 Å². The van der Waals surface area contributed by atoms with Crippen LogP contribution in [0, 0.1) is 5.92 Å². The van der Waals surface area contributed by atoms with Crippen molar-refractivity contribution in [3.63, 3.8) is 0 Å². The first kappa shape index (κ1) is 20.4. The lowest BCUT2D eigenvalue weighted by molar-refractivity contribution is -0.147. The Kier molecular flexibility index (Phi) is 7.73. The Hall–Kier alpha value is -2.96. The third-order valence-electron chi connectivity index (χ3n) is 3.60. The first-order chi connectivity index (χ1) is 13.0. The zero-order valence-corrected chi connectivity index (χ0v) is 15.7. The van der Waals surface area contributed by atoms with Crippen molar-refractivity contribution in [2.75, 3.05) is 20.3 Å². The van der Waals surface area contributed by atoms with Gasteiger partial charge >= 0.3 is 5.97 Å². The van der Waals surface area contributed by atoms with Gasteiger partial charge in [0.25, 0.3) is 0 Å². The summed E-state index contributed by atoms with van der Waals surface area (Å²) in [5.41, 5.74) is -0.318. The van der Waals surface area contributed by atoms with Gasteiger partial charge < -0.3 is 23.4 Å². The normalized spacial score (nSPS) is 10.5. The molecule has 0 N–H and O–H groups in total. The summed E-state index contributed by atoms with van der Waals surface area (Å²) in [5.74, 6) is 1.21. The highest BCUT2D eigenvalue weighted by Gasteiger charge is 2.10. The van der Waals surface area contributed by atoms with Crippen LogP contribution in [0.2, 0.25) is 0 Å². The van der Waals surface area contributed by atoms with Crippen LogP contribution in [-0.4, -0.2) is 26.3 Å². The van der Waals surface area contributed by atoms with Gasteiger partial charge in [-0.2, -0.15) is 0 Å². The van der Waals surface area contributed by atoms with Crippen molar-refractivity contribution in [3.05, 3.63) is 52.6 Å². The summed E-state index contributed by atoms with van der Waals surface area (Å²) in [6, 6.07) is 8.22. The second kappa shape index (κ2) is 10.3. The highest BCUT2D eigenvalue weighted by atomic mass is 16.6. The number of carbonyl (C=O) groups excluding carboxylic acids is 1. The first-order valence-electron chi connectivity index (χ1n) is 8.65. The number of esters is 1. The Morgan fingerprint density at radius 2 is 1.85 bits per heavy atom. The van der Waals surface area contributed by atoms with Gasteiger partial charge in [-0.1, -0.05) is 26.0 Å². The smallest absolute Gasteiger partial charge is 0.344 e. The monoisotopic (exact) mass is 376 g/mol. The topological polar surface area (TPSA) is 84.2 Å². The lowest BCUT2D eigenvalue weighted by atomic mass is 10.1. The molecule has 0 saturated heterocycles. The zero-order chi connectivity index (χ0) is 19.6. The molecule has 0 amide bonds. The highest BCUT2D eigenvalue weighted by molar-refractivity contribution is 5.71. The maximum Gasteiger partial charge on any atom is 0.344 e. The third kappa shape index (κ3) is 6.69. The lowest BCUT2D eigenvalue weighted by Crippen LogP contribution is -2.16. The number of ether oxygens (including phenoxy) is 4. The molecule has 0 saturated carbocycles. The minimum atomic E-state index is -0.596. The van der Waals surface area contributed by atoms with E-state index in [9.17, 15) is 9.59 Å². The molecule has 1 aromatic carbocycles. The van der Waals surface area contributed by atoms with Crippen LogP contribution in [0.4, 0.5) is 0 Å². The standard InChI is InChI=1S/C20H24O7/c1-14(2)8-9-24-19-12-25-15(10-16(19)21)11-27-20(22)13-26-18-7-5-4-6-17(18)23-3/h4-7,10,12,14H,8-9,11,13H2,1-3H3. The van der Waals surface area contributed by atoms with Gasteiger partial charge in [-0.05, 0) is 24.5 Å². The van der Waals surface area contributed by atoms with Crippen molar-refractivity contribution in [2.45, 2.75) is 26.9 Å². The van der Waals surface area contributed by atoms with Gasteiger partial charge in [0.2, 0.25) is 11.2 Å². The molecule has 0 radical (unpaired) electrons. The molecule has 0 aliphatic heterocycles. The molecule has 0 unspecified atom stereocenters. The molecule has 0 aliphatic carbocycles. The Bertz CT molecular complexity index is 795. The third-order valence-corrected chi connectivity index (χ3v) is 3.60. The second-order valence-corrected chi connectivity index (χ2v) is 6.21. The first-order valence-corrected chi connectivity index (χ1v) is 8.65. The van der Waals surface area contributed by atoms with Gasteiger partial charge in [-0.25, -0.2) is 4.79 Å². The van der Waals surface area contributed by atoms with Crippen molar-refractivity contribution in [2.24, 2.45) is 5.92 Å². The fourth-order valence-corrected chi connectivity index (χ4v) is 2.09. The van der Waals surface area contributed by atoms with Crippen LogP contribution in [-0.2, 0) is 16.1 Å². The summed E-state index contributed by atoms with van der Waals surface area (Å²) in [6.45, 7) is 4.12. The number of para-hydroxylation sites is 2. The van der Waals surface area contributed by atoms with E-state index < -0.39 is 5.97 Å². The summed E-state index contributed by atoms with van der Waals surface area (Å²) in [6.07, 6.45) is 2.07. The molecule has 0 aliphatic rings. The summed E-state index contributed by atoms with van der Waals surface area (Å²) in [5, 5.41) is 0. The summed E-state index contributed by atoms with van der Waals surface area (Å²) in [4.78, 5) is 23.8. The Labute approximate surface area is 157 Å². The molecule has 146 valence electrons. The molecular weight excluding hydrogens is 352 g/mol. The average molecular weight is 376 g/mol. The summed E-state index contributed by atoms with van der Waals surface area (Å²) < 4.78 is 26.2. The molecule has 0 spiro atoms.